The van der Waals surface area contributed by atoms with Gasteiger partial charge in [0.1, 0.15) is 0 Å². The Hall–Kier alpha value is -0.865. The van der Waals surface area contributed by atoms with E-state index in [0.29, 0.717) is 0 Å². The summed E-state index contributed by atoms with van der Waals surface area (Å²) >= 11 is 0. The summed E-state index contributed by atoms with van der Waals surface area (Å²) in [5.41, 5.74) is -2.53. The minimum Gasteiger partial charge on any atom is -0.423 e. The fourth-order valence-electron chi connectivity index (χ4n) is 0.846. The first-order chi connectivity index (χ1) is 10.0. The third kappa shape index (κ3) is 2.29. The Morgan fingerprint density at radius 1 is 1.69 bits per heavy atom. The van der Waals surface area contributed by atoms with E-state index < -0.39 is 50.3 Å². The van der Waals surface area contributed by atoms with Crippen LogP contribution in [-0.2, 0) is 6.37 Å². The summed E-state index contributed by atoms with van der Waals surface area (Å²) in [5.74, 6) is 0. The molecule has 1 heterocycles. The molecular formula is C9H14BNO2. The molecule has 0 unspecified atom stereocenters. The number of aromatic nitrogens is 1. The van der Waals surface area contributed by atoms with Crippen molar-refractivity contribution in [2.24, 2.45) is 0 Å². The van der Waals surface area contributed by atoms with Crippen LogP contribution in [0.25, 0.3) is 0 Å². The maximum atomic E-state index is 9.27. The number of aryl methyl sites for hydroxylation is 1. The van der Waals surface area contributed by atoms with E-state index in [0.717, 1.165) is 12.3 Å². The first kappa shape index (κ1) is 3.07. The van der Waals surface area contributed by atoms with E-state index in [2.05, 4.69) is 4.98 Å². The first-order valence-electron chi connectivity index (χ1n) is 8.41. The molecule has 1 aromatic heterocycles. The molecule has 0 aliphatic carbocycles. The van der Waals surface area contributed by atoms with Gasteiger partial charge in [0.05, 0.1) is 0 Å². The largest absolute Gasteiger partial charge is 0.488 e. The predicted octanol–water partition coefficient (Wildman–Crippen LogP) is 0.0223. The Morgan fingerprint density at radius 3 is 3.15 bits per heavy atom. The van der Waals surface area contributed by atoms with Gasteiger partial charge in [0.2, 0.25) is 0 Å². The fraction of sp³-hybridized carbons (Fsp3) is 0.444. The van der Waals surface area contributed by atoms with Crippen LogP contribution in [0.1, 0.15) is 38.2 Å². The first-order valence-corrected chi connectivity index (χ1v) is 3.41. The van der Waals surface area contributed by atoms with E-state index in [1.807, 2.05) is 0 Å². The molecule has 0 aliphatic rings. The SMILES string of the molecule is [2H]C([2H])([2H])c1c(B(O)O)ccnc1C([2H])([2H])C([2H])([2H])C([2H])([2H])[2H]. The molecule has 4 heteroatoms. The lowest BCUT2D eigenvalue weighted by atomic mass is 9.77. The summed E-state index contributed by atoms with van der Waals surface area (Å²) in [4.78, 5) is 3.49. The van der Waals surface area contributed by atoms with Gasteiger partial charge in [-0.25, -0.2) is 0 Å². The van der Waals surface area contributed by atoms with Gasteiger partial charge in [-0.2, -0.15) is 0 Å². The summed E-state index contributed by atoms with van der Waals surface area (Å²) in [7, 11) is -2.28. The molecule has 0 bridgehead atoms. The highest BCUT2D eigenvalue weighted by Crippen LogP contribution is 2.04. The molecule has 13 heavy (non-hydrogen) atoms. The van der Waals surface area contributed by atoms with E-state index in [-0.39, 0.29) is 0 Å². The molecule has 0 saturated carbocycles. The third-order valence-electron chi connectivity index (χ3n) is 1.44. The lowest BCUT2D eigenvalue weighted by Crippen LogP contribution is -2.33. The molecule has 0 aromatic carbocycles. The summed E-state index contributed by atoms with van der Waals surface area (Å²) in [6.45, 7) is -6.47. The second-order valence-electron chi connectivity index (χ2n) is 2.25. The van der Waals surface area contributed by atoms with Gasteiger partial charge < -0.3 is 10.0 Å². The minimum atomic E-state index is -3.47. The normalized spacial score (nSPS) is 25.7. The summed E-state index contributed by atoms with van der Waals surface area (Å²) < 4.78 is 74.6. The minimum absolute atomic E-state index is 0.597. The van der Waals surface area contributed by atoms with Crippen LogP contribution in [0.3, 0.4) is 0 Å². The quantitative estimate of drug-likeness (QED) is 0.659. The lowest BCUT2D eigenvalue weighted by molar-refractivity contribution is 0.425. The molecule has 0 amide bonds. The molecule has 0 fully saturated rings. The molecule has 0 spiro atoms. The van der Waals surface area contributed by atoms with Crippen LogP contribution in [-0.4, -0.2) is 22.2 Å². The maximum absolute atomic E-state index is 9.27. The molecule has 0 saturated heterocycles. The van der Waals surface area contributed by atoms with Crippen LogP contribution < -0.4 is 5.46 Å². The average molecular weight is 189 g/mol. The predicted molar refractivity (Wildman–Crippen MR) is 52.8 cm³/mol. The Balaban J connectivity index is 3.76. The molecule has 0 atom stereocenters. The van der Waals surface area contributed by atoms with Crippen molar-refractivity contribution in [1.82, 2.24) is 4.98 Å². The number of nitrogens with zero attached hydrogens (tertiary/aromatic N) is 1. The van der Waals surface area contributed by atoms with Gasteiger partial charge in [0.25, 0.3) is 0 Å². The van der Waals surface area contributed by atoms with Gasteiger partial charge in [-0.05, 0) is 30.3 Å². The third-order valence-corrected chi connectivity index (χ3v) is 1.44. The highest BCUT2D eigenvalue weighted by Gasteiger charge is 2.15. The summed E-state index contributed by atoms with van der Waals surface area (Å²) in [6.07, 6.45) is -5.94. The van der Waals surface area contributed by atoms with Gasteiger partial charge >= 0.3 is 7.12 Å². The second-order valence-corrected chi connectivity index (χ2v) is 2.25. The van der Waals surface area contributed by atoms with Gasteiger partial charge in [0.15, 0.2) is 0 Å². The van der Waals surface area contributed by atoms with Crippen LogP contribution >= 0.6 is 0 Å². The molecule has 0 aliphatic heterocycles. The monoisotopic (exact) mass is 189 g/mol. The average Bonchev–Trinajstić information content (AvgIpc) is 2.35. The number of pyridine rings is 1. The molecule has 1 rings (SSSR count). The van der Waals surface area contributed by atoms with Gasteiger partial charge in [-0.3, -0.25) is 4.98 Å². The van der Waals surface area contributed by atoms with Crippen LogP contribution in [0, 0.1) is 6.85 Å². The van der Waals surface area contributed by atoms with Crippen LogP contribution in [0.15, 0.2) is 12.3 Å². The molecule has 3 nitrogen and oxygen atoms in total. The molecule has 0 radical (unpaired) electrons. The van der Waals surface area contributed by atoms with Crippen LogP contribution in [0.4, 0.5) is 0 Å². The molecule has 70 valence electrons. The van der Waals surface area contributed by atoms with E-state index in [9.17, 15) is 10.0 Å². The van der Waals surface area contributed by atoms with Crippen molar-refractivity contribution in [3.05, 3.63) is 23.5 Å². The Kier molecular flexibility index (Phi) is 1.04. The summed E-state index contributed by atoms with van der Waals surface area (Å²) in [6, 6.07) is 0.927. The van der Waals surface area contributed by atoms with E-state index in [1.54, 1.807) is 0 Å². The number of hydrogen-bond donors (Lipinski definition) is 2. The van der Waals surface area contributed by atoms with Crippen molar-refractivity contribution >= 4 is 12.6 Å². The lowest BCUT2D eigenvalue weighted by Gasteiger charge is -2.08. The topological polar surface area (TPSA) is 53.4 Å². The van der Waals surface area contributed by atoms with Crippen molar-refractivity contribution < 1.29 is 23.8 Å². The van der Waals surface area contributed by atoms with Crippen molar-refractivity contribution in [2.45, 2.75) is 26.4 Å². The molecule has 2 N–H and O–H groups in total. The van der Waals surface area contributed by atoms with Crippen LogP contribution in [0.2, 0.25) is 0 Å². The zero-order valence-corrected chi connectivity index (χ0v) is 6.57. The van der Waals surface area contributed by atoms with E-state index in [1.165, 1.54) is 0 Å². The summed E-state index contributed by atoms with van der Waals surface area (Å²) in [5, 5.41) is 18.5. The second kappa shape index (κ2) is 4.39. The maximum Gasteiger partial charge on any atom is 0.488 e. The van der Waals surface area contributed by atoms with Crippen molar-refractivity contribution in [3.8, 4) is 0 Å². The van der Waals surface area contributed by atoms with Crippen molar-refractivity contribution in [3.63, 3.8) is 0 Å². The van der Waals surface area contributed by atoms with E-state index in [4.69, 9.17) is 13.7 Å². The van der Waals surface area contributed by atoms with Crippen molar-refractivity contribution in [2.75, 3.05) is 0 Å². The smallest absolute Gasteiger partial charge is 0.423 e. The number of hydrogen-bond acceptors (Lipinski definition) is 3. The highest BCUT2D eigenvalue weighted by atomic mass is 16.4. The van der Waals surface area contributed by atoms with Gasteiger partial charge in [-0.1, -0.05) is 13.2 Å². The molecular weight excluding hydrogens is 165 g/mol. The van der Waals surface area contributed by atoms with Crippen molar-refractivity contribution in [1.29, 1.82) is 0 Å². The Bertz CT molecular complexity index is 583. The molecule has 1 aromatic rings. The van der Waals surface area contributed by atoms with Gasteiger partial charge in [-0.15, -0.1) is 0 Å². The van der Waals surface area contributed by atoms with E-state index >= 15 is 0 Å². The van der Waals surface area contributed by atoms with Crippen LogP contribution in [0.5, 0.6) is 0 Å². The van der Waals surface area contributed by atoms with Gasteiger partial charge in [0, 0.05) is 25.6 Å². The zero-order valence-electron chi connectivity index (χ0n) is 16.6. The zero-order chi connectivity index (χ0) is 18.4. The fourth-order valence-corrected chi connectivity index (χ4v) is 0.846. The number of rotatable bonds is 3. The Morgan fingerprint density at radius 2 is 2.54 bits per heavy atom. The highest BCUT2D eigenvalue weighted by molar-refractivity contribution is 6.59. The Labute approximate surface area is 92.6 Å². The standard InChI is InChI=1S/C9H14BNO2/c1-3-4-9-7(2)8(10(12)13)5-6-11-9/h5-6,12-13H,3-4H2,1-2H3/i1D3,2D3,3D2,4D2.